The van der Waals surface area contributed by atoms with Crippen LogP contribution in [0.15, 0.2) is 69.4 Å². The fourth-order valence-electron chi connectivity index (χ4n) is 3.13. The summed E-state index contributed by atoms with van der Waals surface area (Å²) < 4.78 is 38.8. The number of rotatable bonds is 9. The van der Waals surface area contributed by atoms with Crippen LogP contribution < -0.4 is 14.8 Å². The van der Waals surface area contributed by atoms with Gasteiger partial charge in [0.25, 0.3) is 10.0 Å². The van der Waals surface area contributed by atoms with Crippen LogP contribution in [-0.4, -0.2) is 31.6 Å². The molecule has 0 saturated carbocycles. The van der Waals surface area contributed by atoms with Crippen molar-refractivity contribution in [3.8, 4) is 16.5 Å². The molecule has 2 heterocycles. The molecule has 4 aromatic rings. The fraction of sp³-hybridized carbons (Fsp3) is 0.174. The first kappa shape index (κ1) is 23.5. The summed E-state index contributed by atoms with van der Waals surface area (Å²) in [6.45, 7) is 1.78. The minimum atomic E-state index is -3.91. The van der Waals surface area contributed by atoms with Gasteiger partial charge in [0, 0.05) is 18.5 Å². The van der Waals surface area contributed by atoms with Gasteiger partial charge >= 0.3 is 0 Å². The zero-order chi connectivity index (χ0) is 24.1. The Hall–Kier alpha value is -3.70. The van der Waals surface area contributed by atoms with Crippen LogP contribution in [0.5, 0.6) is 5.75 Å². The van der Waals surface area contributed by atoms with Gasteiger partial charge in [0.15, 0.2) is 0 Å². The monoisotopic (exact) mass is 498 g/mol. The largest absolute Gasteiger partial charge is 0.495 e. The number of hydrogen-bond donors (Lipinski definition) is 2. The predicted molar refractivity (Wildman–Crippen MR) is 130 cm³/mol. The number of aromatic nitrogens is 2. The topological polar surface area (TPSA) is 123 Å². The molecule has 0 saturated heterocycles. The van der Waals surface area contributed by atoms with E-state index < -0.39 is 10.0 Å². The van der Waals surface area contributed by atoms with Crippen LogP contribution in [0.2, 0.25) is 0 Å². The van der Waals surface area contributed by atoms with E-state index in [4.69, 9.17) is 9.26 Å². The molecule has 0 spiro atoms. The van der Waals surface area contributed by atoms with Crippen molar-refractivity contribution in [3.63, 3.8) is 0 Å². The Morgan fingerprint density at radius 2 is 1.94 bits per heavy atom. The number of anilines is 2. The van der Waals surface area contributed by atoms with E-state index in [0.29, 0.717) is 28.8 Å². The van der Waals surface area contributed by atoms with E-state index in [1.54, 1.807) is 37.3 Å². The van der Waals surface area contributed by atoms with Gasteiger partial charge in [-0.25, -0.2) is 8.42 Å². The van der Waals surface area contributed by atoms with Gasteiger partial charge in [-0.05, 0) is 48.2 Å². The second-order valence-electron chi connectivity index (χ2n) is 7.32. The van der Waals surface area contributed by atoms with E-state index in [2.05, 4.69) is 20.2 Å². The summed E-state index contributed by atoms with van der Waals surface area (Å²) >= 11 is 1.50. The second-order valence-corrected chi connectivity index (χ2v) is 9.95. The summed E-state index contributed by atoms with van der Waals surface area (Å²) in [5, 5.41) is 8.62. The normalized spacial score (nSPS) is 11.2. The van der Waals surface area contributed by atoms with E-state index in [1.165, 1.54) is 30.6 Å². The summed E-state index contributed by atoms with van der Waals surface area (Å²) in [4.78, 5) is 17.7. The highest BCUT2D eigenvalue weighted by molar-refractivity contribution is 7.92. The smallest absolute Gasteiger partial charge is 0.262 e. The van der Waals surface area contributed by atoms with Crippen molar-refractivity contribution in [2.24, 2.45) is 0 Å². The van der Waals surface area contributed by atoms with Gasteiger partial charge in [0.05, 0.1) is 22.6 Å². The molecule has 0 aliphatic heterocycles. The molecule has 176 valence electrons. The van der Waals surface area contributed by atoms with Gasteiger partial charge in [-0.1, -0.05) is 29.4 Å². The summed E-state index contributed by atoms with van der Waals surface area (Å²) in [6, 6.07) is 15.0. The Bertz CT molecular complexity index is 1400. The molecule has 1 amide bonds. The maximum Gasteiger partial charge on any atom is 0.262 e. The van der Waals surface area contributed by atoms with Crippen LogP contribution in [0.1, 0.15) is 17.9 Å². The lowest BCUT2D eigenvalue weighted by molar-refractivity contribution is -0.116. The fourth-order valence-corrected chi connectivity index (χ4v) is 4.88. The number of nitrogens with zero attached hydrogens (tertiary/aromatic N) is 2. The molecule has 2 N–H and O–H groups in total. The number of benzene rings is 2. The van der Waals surface area contributed by atoms with Crippen LogP contribution >= 0.6 is 11.3 Å². The van der Waals surface area contributed by atoms with E-state index in [-0.39, 0.29) is 23.6 Å². The molecule has 4 rings (SSSR count). The second kappa shape index (κ2) is 10.1. The van der Waals surface area contributed by atoms with Crippen LogP contribution in [0.25, 0.3) is 10.7 Å². The average molecular weight is 499 g/mol. The number of methoxy groups -OCH3 is 1. The molecule has 0 aliphatic rings. The lowest BCUT2D eigenvalue weighted by atomic mass is 10.2. The number of para-hydroxylation sites is 2. The first-order chi connectivity index (χ1) is 16.4. The zero-order valence-corrected chi connectivity index (χ0v) is 20.1. The molecule has 9 nitrogen and oxygen atoms in total. The molecule has 0 unspecified atom stereocenters. The molecule has 2 aromatic heterocycles. The Balaban J connectivity index is 1.43. The van der Waals surface area contributed by atoms with E-state index in [1.807, 2.05) is 17.5 Å². The number of thiophene rings is 1. The van der Waals surface area contributed by atoms with Gasteiger partial charge in [-0.15, -0.1) is 11.3 Å². The summed E-state index contributed by atoms with van der Waals surface area (Å²) in [5.74, 6) is 0.940. The highest BCUT2D eigenvalue weighted by atomic mass is 32.2. The Morgan fingerprint density at radius 1 is 1.12 bits per heavy atom. The van der Waals surface area contributed by atoms with Crippen molar-refractivity contribution in [2.45, 2.75) is 24.7 Å². The molecule has 0 aliphatic carbocycles. The third-order valence-electron chi connectivity index (χ3n) is 4.92. The predicted octanol–water partition coefficient (Wildman–Crippen LogP) is 4.49. The minimum absolute atomic E-state index is 0.0109. The summed E-state index contributed by atoms with van der Waals surface area (Å²) in [5.41, 5.74) is 1.44. The number of carbonyl (C=O) groups is 1. The maximum absolute atomic E-state index is 12.9. The zero-order valence-electron chi connectivity index (χ0n) is 18.4. The quantitative estimate of drug-likeness (QED) is 0.348. The van der Waals surface area contributed by atoms with Gasteiger partial charge in [0.1, 0.15) is 5.75 Å². The lowest BCUT2D eigenvalue weighted by Crippen LogP contribution is -2.16. The van der Waals surface area contributed by atoms with Gasteiger partial charge in [0.2, 0.25) is 17.6 Å². The van der Waals surface area contributed by atoms with Crippen molar-refractivity contribution < 1.29 is 22.5 Å². The highest BCUT2D eigenvalue weighted by Crippen LogP contribution is 2.28. The number of ether oxygens (including phenoxy) is 1. The summed E-state index contributed by atoms with van der Waals surface area (Å²) in [7, 11) is -2.45. The van der Waals surface area contributed by atoms with Crippen molar-refractivity contribution >= 4 is 38.6 Å². The van der Waals surface area contributed by atoms with Crippen LogP contribution in [0.4, 0.5) is 11.4 Å². The molecular formula is C23H22N4O5S2. The lowest BCUT2D eigenvalue weighted by Gasteiger charge is -2.14. The van der Waals surface area contributed by atoms with Gasteiger partial charge < -0.3 is 14.6 Å². The minimum Gasteiger partial charge on any atom is -0.495 e. The molecular weight excluding hydrogens is 476 g/mol. The molecule has 0 bridgehead atoms. The Morgan fingerprint density at radius 3 is 2.71 bits per heavy atom. The maximum atomic E-state index is 12.9. The van der Waals surface area contributed by atoms with Crippen LogP contribution in [0, 0.1) is 6.92 Å². The molecule has 0 atom stereocenters. The number of aryl methyl sites for hydroxylation is 2. The van der Waals surface area contributed by atoms with E-state index in [9.17, 15) is 13.2 Å². The Kier molecular flexibility index (Phi) is 6.94. The Labute approximate surface area is 200 Å². The highest BCUT2D eigenvalue weighted by Gasteiger charge is 2.19. The van der Waals surface area contributed by atoms with Crippen LogP contribution in [-0.2, 0) is 21.2 Å². The third kappa shape index (κ3) is 5.43. The molecule has 34 heavy (non-hydrogen) atoms. The van der Waals surface area contributed by atoms with Gasteiger partial charge in [-0.2, -0.15) is 4.98 Å². The average Bonchev–Trinajstić information content (AvgIpc) is 3.51. The van der Waals surface area contributed by atoms with Gasteiger partial charge in [-0.3, -0.25) is 9.52 Å². The number of nitrogens with one attached hydrogen (secondary N) is 2. The van der Waals surface area contributed by atoms with E-state index >= 15 is 0 Å². The number of carbonyl (C=O) groups excluding carboxylic acids is 1. The molecule has 0 fully saturated rings. The molecule has 2 aromatic carbocycles. The third-order valence-corrected chi connectivity index (χ3v) is 7.15. The van der Waals surface area contributed by atoms with Crippen molar-refractivity contribution in [2.75, 3.05) is 17.1 Å². The van der Waals surface area contributed by atoms with E-state index in [0.717, 1.165) is 10.4 Å². The first-order valence-electron chi connectivity index (χ1n) is 10.3. The molecule has 0 radical (unpaired) electrons. The number of amides is 1. The number of sulfonamides is 1. The SMILES string of the molecule is COc1ccccc1NS(=O)(=O)c1ccc(C)c(NC(=O)CCc2nc(-c3cccs3)no2)c1. The van der Waals surface area contributed by atoms with Crippen molar-refractivity contribution in [1.29, 1.82) is 0 Å². The first-order valence-corrected chi connectivity index (χ1v) is 12.6. The van der Waals surface area contributed by atoms with Crippen molar-refractivity contribution in [1.82, 2.24) is 10.1 Å². The van der Waals surface area contributed by atoms with Crippen LogP contribution in [0.3, 0.4) is 0 Å². The van der Waals surface area contributed by atoms with Crippen molar-refractivity contribution in [3.05, 3.63) is 71.4 Å². The number of hydrogen-bond acceptors (Lipinski definition) is 8. The molecule has 11 heteroatoms. The standard InChI is InChI=1S/C23H22N4O5S2/c1-15-9-10-16(34(29,30)27-17-6-3-4-7-19(17)31-2)14-18(15)24-21(28)11-12-22-25-23(26-32-22)20-8-5-13-33-20/h3-10,13-14,27H,11-12H2,1-2H3,(H,24,28). The summed E-state index contributed by atoms with van der Waals surface area (Å²) in [6.07, 6.45) is 0.360.